The zero-order valence-electron chi connectivity index (χ0n) is 18.8. The van der Waals surface area contributed by atoms with Crippen LogP contribution >= 0.6 is 0 Å². The van der Waals surface area contributed by atoms with Crippen molar-refractivity contribution in [3.8, 4) is 0 Å². The summed E-state index contributed by atoms with van der Waals surface area (Å²) in [4.78, 5) is 50.8. The number of hydrogen-bond donors (Lipinski definition) is 2. The number of nitrogens with one attached hydrogen (secondary N) is 2. The van der Waals surface area contributed by atoms with Gasteiger partial charge in [-0.1, -0.05) is 38.5 Å². The first-order valence-electron chi connectivity index (χ1n) is 10.6. The van der Waals surface area contributed by atoms with Gasteiger partial charge < -0.3 is 15.4 Å². The molecule has 1 spiro atoms. The van der Waals surface area contributed by atoms with Gasteiger partial charge in [0.25, 0.3) is 11.8 Å². The average molecular weight is 430 g/mol. The first-order valence-corrected chi connectivity index (χ1v) is 10.6. The molecule has 1 aromatic carbocycles. The van der Waals surface area contributed by atoms with Gasteiger partial charge >= 0.3 is 12.0 Å². The largest absolute Gasteiger partial charge is 0.454 e. The summed E-state index contributed by atoms with van der Waals surface area (Å²) in [5.41, 5.74) is 1.54. The molecule has 0 unspecified atom stereocenters. The highest BCUT2D eigenvalue weighted by Crippen LogP contribution is 2.46. The summed E-state index contributed by atoms with van der Waals surface area (Å²) in [6.07, 6.45) is 2.04. The molecule has 8 nitrogen and oxygen atoms in total. The van der Waals surface area contributed by atoms with Gasteiger partial charge in [0, 0.05) is 5.69 Å². The molecule has 1 heterocycles. The average Bonchev–Trinajstić information content (AvgIpc) is 2.84. The van der Waals surface area contributed by atoms with Crippen LogP contribution in [0.4, 0.5) is 10.5 Å². The van der Waals surface area contributed by atoms with Crippen LogP contribution in [0, 0.1) is 25.2 Å². The summed E-state index contributed by atoms with van der Waals surface area (Å²) < 4.78 is 5.01. The van der Waals surface area contributed by atoms with Gasteiger partial charge in [0.15, 0.2) is 6.61 Å². The molecule has 8 heteroatoms. The maximum atomic E-state index is 13.1. The van der Waals surface area contributed by atoms with E-state index in [0.29, 0.717) is 18.5 Å². The van der Waals surface area contributed by atoms with Crippen molar-refractivity contribution < 1.29 is 23.9 Å². The number of ether oxygens (including phenoxy) is 1. The number of benzene rings is 1. The molecule has 2 N–H and O–H groups in total. The summed E-state index contributed by atoms with van der Waals surface area (Å²) in [7, 11) is 0. The molecule has 2 aliphatic rings. The molecule has 168 valence electrons. The molecule has 0 bridgehead atoms. The highest BCUT2D eigenvalue weighted by molar-refractivity contribution is 6.09. The molecule has 3 rings (SSSR count). The number of amides is 4. The lowest BCUT2D eigenvalue weighted by Gasteiger charge is -2.43. The molecule has 2 atom stereocenters. The fourth-order valence-electron chi connectivity index (χ4n) is 5.11. The lowest BCUT2D eigenvalue weighted by atomic mass is 9.64. The van der Waals surface area contributed by atoms with Gasteiger partial charge in [0.1, 0.15) is 12.1 Å². The van der Waals surface area contributed by atoms with Crippen molar-refractivity contribution in [3.63, 3.8) is 0 Å². The van der Waals surface area contributed by atoms with Crippen LogP contribution in [0.25, 0.3) is 0 Å². The highest BCUT2D eigenvalue weighted by Gasteiger charge is 2.56. The van der Waals surface area contributed by atoms with Crippen LogP contribution in [0.1, 0.15) is 51.2 Å². The lowest BCUT2D eigenvalue weighted by molar-refractivity contribution is -0.150. The van der Waals surface area contributed by atoms with E-state index in [4.69, 9.17) is 4.74 Å². The van der Waals surface area contributed by atoms with Gasteiger partial charge in [-0.15, -0.1) is 0 Å². The van der Waals surface area contributed by atoms with Crippen LogP contribution < -0.4 is 10.6 Å². The summed E-state index contributed by atoms with van der Waals surface area (Å²) in [6.45, 7) is 9.03. The first kappa shape index (κ1) is 22.8. The van der Waals surface area contributed by atoms with Gasteiger partial charge in [-0.2, -0.15) is 0 Å². The van der Waals surface area contributed by atoms with E-state index in [1.54, 1.807) is 6.07 Å². The smallest absolute Gasteiger partial charge is 0.326 e. The van der Waals surface area contributed by atoms with Crippen molar-refractivity contribution in [1.29, 1.82) is 0 Å². The standard InChI is InChI=1S/C23H31N3O5/c1-14-6-7-17(16(3)8-14)24-18(27)12-31-19(28)11-26-20(29)23(25-21(26)30)10-15(2)9-22(4,5)13-23/h6-8,15H,9-13H2,1-5H3,(H,24,27)(H,25,30)/t15-,23-/m1/s1. The van der Waals surface area contributed by atoms with Gasteiger partial charge in [-0.3, -0.25) is 19.3 Å². The van der Waals surface area contributed by atoms with E-state index in [1.807, 2.05) is 26.0 Å². The molecule has 1 saturated carbocycles. The van der Waals surface area contributed by atoms with E-state index in [2.05, 4.69) is 31.4 Å². The van der Waals surface area contributed by atoms with Gasteiger partial charge in [-0.25, -0.2) is 4.79 Å². The number of hydrogen-bond acceptors (Lipinski definition) is 5. The van der Waals surface area contributed by atoms with Crippen molar-refractivity contribution >= 4 is 29.5 Å². The first-order chi connectivity index (χ1) is 14.4. The summed E-state index contributed by atoms with van der Waals surface area (Å²) >= 11 is 0. The number of rotatable bonds is 5. The van der Waals surface area contributed by atoms with E-state index >= 15 is 0 Å². The molecule has 1 aliphatic heterocycles. The number of anilines is 1. The Morgan fingerprint density at radius 3 is 2.58 bits per heavy atom. The molecular formula is C23H31N3O5. The second-order valence-corrected chi connectivity index (χ2v) is 9.79. The van der Waals surface area contributed by atoms with Crippen molar-refractivity contribution in [1.82, 2.24) is 10.2 Å². The van der Waals surface area contributed by atoms with E-state index in [-0.39, 0.29) is 11.3 Å². The quantitative estimate of drug-likeness (QED) is 0.553. The molecule has 4 amide bonds. The SMILES string of the molecule is Cc1ccc(NC(=O)COC(=O)CN2C(=O)N[C@@]3(C[C@H](C)CC(C)(C)C3)C2=O)c(C)c1. The zero-order valence-corrected chi connectivity index (χ0v) is 18.8. The molecule has 31 heavy (non-hydrogen) atoms. The topological polar surface area (TPSA) is 105 Å². The summed E-state index contributed by atoms with van der Waals surface area (Å²) in [5, 5.41) is 5.51. The predicted octanol–water partition coefficient (Wildman–Crippen LogP) is 2.92. The molecule has 1 aromatic rings. The van der Waals surface area contributed by atoms with E-state index in [0.717, 1.165) is 22.4 Å². The maximum absolute atomic E-state index is 13.1. The molecule has 1 saturated heterocycles. The molecule has 0 aromatic heterocycles. The normalized spacial score (nSPS) is 24.8. The summed E-state index contributed by atoms with van der Waals surface area (Å²) in [5.74, 6) is -1.42. The van der Waals surface area contributed by atoms with E-state index < -0.39 is 42.5 Å². The number of nitrogens with zero attached hydrogens (tertiary/aromatic N) is 1. The second-order valence-electron chi connectivity index (χ2n) is 9.79. The van der Waals surface area contributed by atoms with Gasteiger partial charge in [-0.05, 0) is 56.1 Å². The Balaban J connectivity index is 1.56. The maximum Gasteiger partial charge on any atom is 0.326 e. The zero-order chi connectivity index (χ0) is 23.0. The minimum atomic E-state index is -0.973. The number of aryl methyl sites for hydroxylation is 2. The number of carbonyl (C=O) groups excluding carboxylic acids is 4. The minimum absolute atomic E-state index is 0.0939. The lowest BCUT2D eigenvalue weighted by Crippen LogP contribution is -2.54. The van der Waals surface area contributed by atoms with Crippen LogP contribution in [0.15, 0.2) is 18.2 Å². The van der Waals surface area contributed by atoms with Gasteiger partial charge in [0.05, 0.1) is 0 Å². The monoisotopic (exact) mass is 429 g/mol. The fraction of sp³-hybridized carbons (Fsp3) is 0.565. The van der Waals surface area contributed by atoms with E-state index in [1.165, 1.54) is 0 Å². The van der Waals surface area contributed by atoms with Gasteiger partial charge in [0.2, 0.25) is 0 Å². The van der Waals surface area contributed by atoms with Crippen molar-refractivity contribution in [2.24, 2.45) is 11.3 Å². The van der Waals surface area contributed by atoms with E-state index in [9.17, 15) is 19.2 Å². The van der Waals surface area contributed by atoms with Crippen LogP contribution in [-0.4, -0.2) is 47.4 Å². The Labute approximate surface area is 182 Å². The predicted molar refractivity (Wildman–Crippen MR) is 115 cm³/mol. The number of esters is 1. The van der Waals surface area contributed by atoms with Crippen LogP contribution in [0.3, 0.4) is 0 Å². The van der Waals surface area contributed by atoms with Crippen molar-refractivity contribution in [2.45, 2.75) is 59.4 Å². The number of imide groups is 1. The number of carbonyl (C=O) groups is 4. The molecule has 1 aliphatic carbocycles. The highest BCUT2D eigenvalue weighted by atomic mass is 16.5. The van der Waals surface area contributed by atoms with Crippen LogP contribution in [0.5, 0.6) is 0 Å². The molecule has 2 fully saturated rings. The minimum Gasteiger partial charge on any atom is -0.454 e. The number of urea groups is 1. The Morgan fingerprint density at radius 1 is 1.23 bits per heavy atom. The van der Waals surface area contributed by atoms with Crippen molar-refractivity contribution in [3.05, 3.63) is 29.3 Å². The summed E-state index contributed by atoms with van der Waals surface area (Å²) in [6, 6.07) is 4.99. The fourth-order valence-corrected chi connectivity index (χ4v) is 5.11. The Bertz CT molecular complexity index is 926. The molecular weight excluding hydrogens is 398 g/mol. The Hall–Kier alpha value is -2.90. The third-order valence-electron chi connectivity index (χ3n) is 5.93. The third kappa shape index (κ3) is 5.06. The Morgan fingerprint density at radius 2 is 1.94 bits per heavy atom. The second kappa shape index (κ2) is 8.32. The van der Waals surface area contributed by atoms with Crippen LogP contribution in [-0.2, 0) is 19.1 Å². The van der Waals surface area contributed by atoms with Crippen molar-refractivity contribution in [2.75, 3.05) is 18.5 Å². The molecule has 0 radical (unpaired) electrons. The Kier molecular flexibility index (Phi) is 6.11. The third-order valence-corrected chi connectivity index (χ3v) is 5.93. The van der Waals surface area contributed by atoms with Crippen LogP contribution in [0.2, 0.25) is 0 Å².